The van der Waals surface area contributed by atoms with Crippen LogP contribution in [0, 0.1) is 5.92 Å². The minimum absolute atomic E-state index is 0.105. The van der Waals surface area contributed by atoms with Crippen LogP contribution < -0.4 is 5.73 Å². The summed E-state index contributed by atoms with van der Waals surface area (Å²) < 4.78 is 5.42. The molecule has 0 aromatic heterocycles. The van der Waals surface area contributed by atoms with Gasteiger partial charge < -0.3 is 15.4 Å². The van der Waals surface area contributed by atoms with Crippen molar-refractivity contribution in [3.8, 4) is 0 Å². The molecule has 4 nitrogen and oxygen atoms in total. The van der Waals surface area contributed by atoms with E-state index in [1.54, 1.807) is 0 Å². The van der Waals surface area contributed by atoms with Crippen molar-refractivity contribution in [3.63, 3.8) is 0 Å². The van der Waals surface area contributed by atoms with Gasteiger partial charge in [0, 0.05) is 25.1 Å². The second-order valence-electron chi connectivity index (χ2n) is 6.25. The topological polar surface area (TPSA) is 55.6 Å². The van der Waals surface area contributed by atoms with Crippen molar-refractivity contribution in [2.75, 3.05) is 19.8 Å². The lowest BCUT2D eigenvalue weighted by atomic mass is 10.0. The molecule has 1 saturated heterocycles. The van der Waals surface area contributed by atoms with Gasteiger partial charge in [-0.3, -0.25) is 4.79 Å². The first-order chi connectivity index (χ1) is 10.2. The molecule has 1 aliphatic carbocycles. The molecule has 1 heterocycles. The van der Waals surface area contributed by atoms with Gasteiger partial charge >= 0.3 is 0 Å². The van der Waals surface area contributed by atoms with Crippen LogP contribution >= 0.6 is 0 Å². The van der Waals surface area contributed by atoms with E-state index in [2.05, 4.69) is 0 Å². The highest BCUT2D eigenvalue weighted by Gasteiger charge is 2.36. The number of ether oxygens (including phenoxy) is 1. The van der Waals surface area contributed by atoms with Crippen LogP contribution in [-0.2, 0) is 16.0 Å². The Kier molecular flexibility index (Phi) is 4.56. The fourth-order valence-electron chi connectivity index (χ4n) is 2.98. The molecule has 1 saturated carbocycles. The Morgan fingerprint density at radius 3 is 2.67 bits per heavy atom. The summed E-state index contributed by atoms with van der Waals surface area (Å²) in [6.45, 7) is 2.42. The highest BCUT2D eigenvalue weighted by Crippen LogP contribution is 2.29. The molecule has 0 spiro atoms. The van der Waals surface area contributed by atoms with Gasteiger partial charge in [-0.2, -0.15) is 0 Å². The Morgan fingerprint density at radius 2 is 2.05 bits per heavy atom. The normalized spacial score (nSPS) is 23.0. The molecule has 1 aliphatic heterocycles. The molecule has 0 bridgehead atoms. The average Bonchev–Trinajstić information content (AvgIpc) is 3.21. The van der Waals surface area contributed by atoms with Gasteiger partial charge in [0.25, 0.3) is 0 Å². The SMILES string of the molecule is N[C@H](Cc1ccccc1)C(=O)N(CC1CCOC1)C1CC1. The van der Waals surface area contributed by atoms with Gasteiger partial charge in [-0.1, -0.05) is 30.3 Å². The Hall–Kier alpha value is -1.39. The molecule has 21 heavy (non-hydrogen) atoms. The predicted molar refractivity (Wildman–Crippen MR) is 81.8 cm³/mol. The fourth-order valence-corrected chi connectivity index (χ4v) is 2.98. The predicted octanol–water partition coefficient (Wildman–Crippen LogP) is 1.58. The average molecular weight is 288 g/mol. The van der Waals surface area contributed by atoms with E-state index in [9.17, 15) is 4.79 Å². The minimum atomic E-state index is -0.435. The van der Waals surface area contributed by atoms with Crippen molar-refractivity contribution >= 4 is 5.91 Å². The van der Waals surface area contributed by atoms with Gasteiger partial charge in [-0.25, -0.2) is 0 Å². The van der Waals surface area contributed by atoms with Crippen molar-refractivity contribution < 1.29 is 9.53 Å². The summed E-state index contributed by atoms with van der Waals surface area (Å²) in [5.41, 5.74) is 7.29. The highest BCUT2D eigenvalue weighted by atomic mass is 16.5. The lowest BCUT2D eigenvalue weighted by molar-refractivity contribution is -0.133. The van der Waals surface area contributed by atoms with E-state index in [4.69, 9.17) is 10.5 Å². The third-order valence-corrected chi connectivity index (χ3v) is 4.37. The van der Waals surface area contributed by atoms with Crippen molar-refractivity contribution in [3.05, 3.63) is 35.9 Å². The quantitative estimate of drug-likeness (QED) is 0.865. The number of nitrogens with two attached hydrogens (primary N) is 1. The summed E-state index contributed by atoms with van der Waals surface area (Å²) in [5, 5.41) is 0. The van der Waals surface area contributed by atoms with E-state index in [1.165, 1.54) is 0 Å². The number of carbonyl (C=O) groups excluding carboxylic acids is 1. The zero-order valence-electron chi connectivity index (χ0n) is 12.4. The minimum Gasteiger partial charge on any atom is -0.381 e. The largest absolute Gasteiger partial charge is 0.381 e. The number of carbonyl (C=O) groups is 1. The van der Waals surface area contributed by atoms with Crippen LogP contribution in [0.2, 0.25) is 0 Å². The molecule has 3 rings (SSSR count). The van der Waals surface area contributed by atoms with E-state index in [1.807, 2.05) is 35.2 Å². The monoisotopic (exact) mass is 288 g/mol. The Balaban J connectivity index is 1.60. The Morgan fingerprint density at radius 1 is 1.29 bits per heavy atom. The molecule has 2 aliphatic rings. The van der Waals surface area contributed by atoms with E-state index in [0.29, 0.717) is 18.4 Å². The van der Waals surface area contributed by atoms with Crippen LogP contribution in [0.1, 0.15) is 24.8 Å². The van der Waals surface area contributed by atoms with Crippen LogP contribution in [0.4, 0.5) is 0 Å². The number of amides is 1. The summed E-state index contributed by atoms with van der Waals surface area (Å²) in [5.74, 6) is 0.590. The summed E-state index contributed by atoms with van der Waals surface area (Å²) in [7, 11) is 0. The highest BCUT2D eigenvalue weighted by molar-refractivity contribution is 5.82. The first kappa shape index (κ1) is 14.5. The van der Waals surface area contributed by atoms with Gasteiger partial charge in [0.15, 0.2) is 0 Å². The van der Waals surface area contributed by atoms with E-state index in [-0.39, 0.29) is 5.91 Å². The van der Waals surface area contributed by atoms with Crippen molar-refractivity contribution in [1.82, 2.24) is 4.90 Å². The van der Waals surface area contributed by atoms with Crippen LogP contribution in [0.5, 0.6) is 0 Å². The molecular formula is C17H24N2O2. The molecule has 2 fully saturated rings. The van der Waals surface area contributed by atoms with Crippen LogP contribution in [0.15, 0.2) is 30.3 Å². The van der Waals surface area contributed by atoms with Crippen LogP contribution in [0.25, 0.3) is 0 Å². The smallest absolute Gasteiger partial charge is 0.240 e. The molecule has 2 N–H and O–H groups in total. The van der Waals surface area contributed by atoms with Crippen molar-refractivity contribution in [1.29, 1.82) is 0 Å². The van der Waals surface area contributed by atoms with E-state index >= 15 is 0 Å². The lowest BCUT2D eigenvalue weighted by Crippen LogP contribution is -2.47. The zero-order valence-corrected chi connectivity index (χ0v) is 12.4. The number of benzene rings is 1. The Bertz CT molecular complexity index is 467. The number of rotatable bonds is 6. The molecule has 114 valence electrons. The summed E-state index contributed by atoms with van der Waals surface area (Å²) in [4.78, 5) is 14.7. The van der Waals surface area contributed by atoms with Crippen molar-refractivity contribution in [2.24, 2.45) is 11.7 Å². The van der Waals surface area contributed by atoms with Crippen LogP contribution in [0.3, 0.4) is 0 Å². The van der Waals surface area contributed by atoms with Gasteiger partial charge in [-0.15, -0.1) is 0 Å². The maximum atomic E-state index is 12.7. The van der Waals surface area contributed by atoms with Gasteiger partial charge in [0.1, 0.15) is 0 Å². The van der Waals surface area contributed by atoms with E-state index < -0.39 is 6.04 Å². The number of hydrogen-bond donors (Lipinski definition) is 1. The molecule has 1 amide bonds. The standard InChI is InChI=1S/C17H24N2O2/c18-16(10-13-4-2-1-3-5-13)17(20)19(15-6-7-15)11-14-8-9-21-12-14/h1-5,14-16H,6-12,18H2/t14?,16-/m1/s1. The van der Waals surface area contributed by atoms with Gasteiger partial charge in [0.2, 0.25) is 5.91 Å². The summed E-state index contributed by atoms with van der Waals surface area (Å²) in [6.07, 6.45) is 3.92. The number of hydrogen-bond acceptors (Lipinski definition) is 3. The van der Waals surface area contributed by atoms with E-state index in [0.717, 1.165) is 44.6 Å². The maximum absolute atomic E-state index is 12.7. The summed E-state index contributed by atoms with van der Waals surface area (Å²) in [6, 6.07) is 9.99. The second kappa shape index (κ2) is 6.58. The van der Waals surface area contributed by atoms with Crippen molar-refractivity contribution in [2.45, 2.75) is 37.8 Å². The molecular weight excluding hydrogens is 264 g/mol. The first-order valence-electron chi connectivity index (χ1n) is 7.92. The fraction of sp³-hybridized carbons (Fsp3) is 0.588. The Labute approximate surface area is 126 Å². The third-order valence-electron chi connectivity index (χ3n) is 4.37. The second-order valence-corrected chi connectivity index (χ2v) is 6.25. The molecule has 4 heteroatoms. The molecule has 0 radical (unpaired) electrons. The molecule has 2 atom stereocenters. The maximum Gasteiger partial charge on any atom is 0.240 e. The molecule has 1 unspecified atom stereocenters. The molecule has 1 aromatic carbocycles. The first-order valence-corrected chi connectivity index (χ1v) is 7.92. The van der Waals surface area contributed by atoms with Crippen LogP contribution in [-0.4, -0.2) is 42.6 Å². The molecule has 1 aromatic rings. The summed E-state index contributed by atoms with van der Waals surface area (Å²) >= 11 is 0. The van der Waals surface area contributed by atoms with Gasteiger partial charge in [-0.05, 0) is 31.2 Å². The number of nitrogens with zero attached hydrogens (tertiary/aromatic N) is 1. The third kappa shape index (κ3) is 3.83. The lowest BCUT2D eigenvalue weighted by Gasteiger charge is -2.28. The zero-order chi connectivity index (χ0) is 14.7. The van der Waals surface area contributed by atoms with Gasteiger partial charge in [0.05, 0.1) is 12.6 Å².